The molecular weight excluding hydrogens is 220 g/mol. The van der Waals surface area contributed by atoms with Crippen LogP contribution in [0.3, 0.4) is 0 Å². The first kappa shape index (κ1) is 12.8. The molecule has 1 rings (SSSR count). The van der Waals surface area contributed by atoms with Gasteiger partial charge in [0.25, 0.3) is 0 Å². The number of nitrogens with two attached hydrogens (primary N) is 1. The van der Waals surface area contributed by atoms with Crippen molar-refractivity contribution in [2.75, 3.05) is 5.32 Å². The molecule has 0 radical (unpaired) electrons. The fourth-order valence-corrected chi connectivity index (χ4v) is 1.62. The molecule has 1 heterocycles. The van der Waals surface area contributed by atoms with Crippen LogP contribution in [-0.4, -0.2) is 21.2 Å². The molecule has 0 aliphatic carbocycles. The first-order valence-electron chi connectivity index (χ1n) is 5.53. The number of nitrogens with zero attached hydrogens (tertiary/aromatic N) is 2. The van der Waals surface area contributed by atoms with Crippen LogP contribution in [0.2, 0.25) is 0 Å². The van der Waals surface area contributed by atoms with E-state index < -0.39 is 0 Å². The molecule has 0 bridgehead atoms. The fraction of sp³-hybridized carbons (Fsp3) is 0.545. The highest BCUT2D eigenvalue weighted by Gasteiger charge is 2.09. The van der Waals surface area contributed by atoms with E-state index in [4.69, 9.17) is 18.0 Å². The van der Waals surface area contributed by atoms with Gasteiger partial charge in [-0.2, -0.15) is 5.10 Å². The maximum absolute atomic E-state index is 5.61. The normalized spacial score (nSPS) is 12.1. The third-order valence-corrected chi connectivity index (χ3v) is 2.58. The van der Waals surface area contributed by atoms with Gasteiger partial charge in [0.2, 0.25) is 0 Å². The number of hydrogen-bond acceptors (Lipinski definition) is 4. The van der Waals surface area contributed by atoms with Crippen molar-refractivity contribution in [1.82, 2.24) is 10.2 Å². The maximum Gasteiger partial charge on any atom is 0.159 e. The fourth-order valence-electron chi connectivity index (χ4n) is 1.45. The zero-order valence-electron chi connectivity index (χ0n) is 9.73. The molecule has 0 aliphatic heterocycles. The average Bonchev–Trinajstić information content (AvgIpc) is 2.27. The largest absolute Gasteiger partial charge is 0.389 e. The summed E-state index contributed by atoms with van der Waals surface area (Å²) in [5.41, 5.74) is 6.37. The van der Waals surface area contributed by atoms with Crippen LogP contribution in [0, 0.1) is 0 Å². The number of aromatic nitrogens is 2. The quantitative estimate of drug-likeness (QED) is 0.743. The third-order valence-electron chi connectivity index (χ3n) is 2.36. The first-order chi connectivity index (χ1) is 7.65. The average molecular weight is 238 g/mol. The van der Waals surface area contributed by atoms with Gasteiger partial charge in [0.15, 0.2) is 5.82 Å². The summed E-state index contributed by atoms with van der Waals surface area (Å²) < 4.78 is 0. The maximum atomic E-state index is 5.61. The molecule has 1 aromatic rings. The molecule has 0 aliphatic rings. The second kappa shape index (κ2) is 6.37. The molecule has 0 spiro atoms. The predicted octanol–water partition coefficient (Wildman–Crippen LogP) is 2.10. The first-order valence-corrected chi connectivity index (χ1v) is 5.94. The Bertz CT molecular complexity index is 354. The SMILES string of the molecule is CCCCC(C)Nc1nnccc1C(N)=S. The van der Waals surface area contributed by atoms with Crippen molar-refractivity contribution in [2.24, 2.45) is 5.73 Å². The van der Waals surface area contributed by atoms with E-state index in [0.29, 0.717) is 16.8 Å². The summed E-state index contributed by atoms with van der Waals surface area (Å²) in [5, 5.41) is 11.1. The highest BCUT2D eigenvalue weighted by atomic mass is 32.1. The molecule has 1 atom stereocenters. The number of hydrogen-bond donors (Lipinski definition) is 2. The second-order valence-electron chi connectivity index (χ2n) is 3.85. The minimum atomic E-state index is 0.347. The lowest BCUT2D eigenvalue weighted by Gasteiger charge is -2.15. The lowest BCUT2D eigenvalue weighted by Crippen LogP contribution is -2.20. The molecule has 4 nitrogen and oxygen atoms in total. The van der Waals surface area contributed by atoms with Crippen molar-refractivity contribution in [3.63, 3.8) is 0 Å². The summed E-state index contributed by atoms with van der Waals surface area (Å²) in [6.45, 7) is 4.29. The van der Waals surface area contributed by atoms with Crippen molar-refractivity contribution < 1.29 is 0 Å². The van der Waals surface area contributed by atoms with E-state index in [0.717, 1.165) is 12.0 Å². The number of unbranched alkanes of at least 4 members (excludes halogenated alkanes) is 1. The lowest BCUT2D eigenvalue weighted by molar-refractivity contribution is 0.642. The highest BCUT2D eigenvalue weighted by molar-refractivity contribution is 7.80. The Morgan fingerprint density at radius 1 is 1.62 bits per heavy atom. The molecule has 0 amide bonds. The number of rotatable bonds is 6. The van der Waals surface area contributed by atoms with Gasteiger partial charge in [-0.1, -0.05) is 32.0 Å². The van der Waals surface area contributed by atoms with Crippen LogP contribution in [0.1, 0.15) is 38.7 Å². The molecular formula is C11H18N4S. The molecule has 0 aromatic carbocycles. The third kappa shape index (κ3) is 3.73. The van der Waals surface area contributed by atoms with Crippen molar-refractivity contribution in [3.05, 3.63) is 17.8 Å². The number of nitrogens with one attached hydrogen (secondary N) is 1. The molecule has 3 N–H and O–H groups in total. The van der Waals surface area contributed by atoms with Crippen LogP contribution < -0.4 is 11.1 Å². The van der Waals surface area contributed by atoms with Crippen LogP contribution in [0.15, 0.2) is 12.3 Å². The van der Waals surface area contributed by atoms with Crippen LogP contribution in [0.5, 0.6) is 0 Å². The van der Waals surface area contributed by atoms with Crippen LogP contribution >= 0.6 is 12.2 Å². The molecule has 0 saturated heterocycles. The van der Waals surface area contributed by atoms with Crippen molar-refractivity contribution >= 4 is 23.0 Å². The van der Waals surface area contributed by atoms with Gasteiger partial charge in [-0.25, -0.2) is 0 Å². The van der Waals surface area contributed by atoms with E-state index in [1.54, 1.807) is 12.3 Å². The Hall–Kier alpha value is -1.23. The van der Waals surface area contributed by atoms with Crippen molar-refractivity contribution in [2.45, 2.75) is 39.2 Å². The number of thiocarbonyl (C=S) groups is 1. The van der Waals surface area contributed by atoms with E-state index in [2.05, 4.69) is 29.4 Å². The van der Waals surface area contributed by atoms with E-state index in [-0.39, 0.29) is 0 Å². The van der Waals surface area contributed by atoms with Gasteiger partial charge in [-0.05, 0) is 19.4 Å². The van der Waals surface area contributed by atoms with Gasteiger partial charge < -0.3 is 11.1 Å². The van der Waals surface area contributed by atoms with Crippen LogP contribution in [-0.2, 0) is 0 Å². The molecule has 16 heavy (non-hydrogen) atoms. The molecule has 0 fully saturated rings. The Labute approximate surface area is 102 Å². The van der Waals surface area contributed by atoms with Gasteiger partial charge in [-0.3, -0.25) is 0 Å². The van der Waals surface area contributed by atoms with E-state index in [9.17, 15) is 0 Å². The minimum Gasteiger partial charge on any atom is -0.389 e. The molecule has 0 saturated carbocycles. The van der Waals surface area contributed by atoms with Gasteiger partial charge in [0, 0.05) is 6.04 Å². The van der Waals surface area contributed by atoms with Crippen molar-refractivity contribution in [3.8, 4) is 0 Å². The Balaban J connectivity index is 2.69. The Morgan fingerprint density at radius 3 is 3.00 bits per heavy atom. The van der Waals surface area contributed by atoms with Crippen LogP contribution in [0.4, 0.5) is 5.82 Å². The van der Waals surface area contributed by atoms with Gasteiger partial charge in [-0.15, -0.1) is 5.10 Å². The monoisotopic (exact) mass is 238 g/mol. The summed E-state index contributed by atoms with van der Waals surface area (Å²) >= 11 is 4.96. The van der Waals surface area contributed by atoms with Crippen molar-refractivity contribution in [1.29, 1.82) is 0 Å². The zero-order chi connectivity index (χ0) is 12.0. The summed E-state index contributed by atoms with van der Waals surface area (Å²) in [5.74, 6) is 0.679. The van der Waals surface area contributed by atoms with Gasteiger partial charge >= 0.3 is 0 Å². The Kier molecular flexibility index (Phi) is 5.11. The zero-order valence-corrected chi connectivity index (χ0v) is 10.5. The summed E-state index contributed by atoms with van der Waals surface area (Å²) in [7, 11) is 0. The lowest BCUT2D eigenvalue weighted by atomic mass is 10.1. The molecule has 88 valence electrons. The van der Waals surface area contributed by atoms with E-state index >= 15 is 0 Å². The standard InChI is InChI=1S/C11H18N4S/c1-3-4-5-8(2)14-11-9(10(12)16)6-7-13-15-11/h6-8H,3-5H2,1-2H3,(H2,12,16)(H,14,15). The highest BCUT2D eigenvalue weighted by Crippen LogP contribution is 2.13. The predicted molar refractivity (Wildman–Crippen MR) is 70.5 cm³/mol. The summed E-state index contributed by atoms with van der Waals surface area (Å²) in [4.78, 5) is 0.347. The van der Waals surface area contributed by atoms with Crippen LogP contribution in [0.25, 0.3) is 0 Å². The van der Waals surface area contributed by atoms with Gasteiger partial charge in [0.05, 0.1) is 11.8 Å². The smallest absolute Gasteiger partial charge is 0.159 e. The van der Waals surface area contributed by atoms with E-state index in [1.165, 1.54) is 12.8 Å². The molecule has 1 unspecified atom stereocenters. The second-order valence-corrected chi connectivity index (χ2v) is 4.29. The summed E-state index contributed by atoms with van der Waals surface area (Å²) in [6.07, 6.45) is 5.08. The van der Waals surface area contributed by atoms with Gasteiger partial charge in [0.1, 0.15) is 4.99 Å². The summed E-state index contributed by atoms with van der Waals surface area (Å²) in [6, 6.07) is 2.13. The molecule has 5 heteroatoms. The molecule has 1 aromatic heterocycles. The van der Waals surface area contributed by atoms with E-state index in [1.807, 2.05) is 0 Å². The minimum absolute atomic E-state index is 0.347. The Morgan fingerprint density at radius 2 is 2.38 bits per heavy atom. The number of anilines is 1. The topological polar surface area (TPSA) is 63.8 Å².